The lowest BCUT2D eigenvalue weighted by molar-refractivity contribution is -0.106. The normalized spacial score (nSPS) is 17.2. The molecule has 1 aromatic rings. The molecule has 0 radical (unpaired) electrons. The maximum Gasteiger partial charge on any atom is 0.272 e. The van der Waals surface area contributed by atoms with Crippen molar-refractivity contribution in [3.8, 4) is 0 Å². The van der Waals surface area contributed by atoms with Gasteiger partial charge in [-0.15, -0.1) is 0 Å². The third kappa shape index (κ3) is 11.0. The van der Waals surface area contributed by atoms with Crippen LogP contribution in [0.2, 0.25) is 0 Å². The minimum atomic E-state index is -0.0622. The summed E-state index contributed by atoms with van der Waals surface area (Å²) in [7, 11) is 1.00. The molecule has 1 aliphatic heterocycles. The van der Waals surface area contributed by atoms with Gasteiger partial charge in [0, 0.05) is 25.9 Å². The molecule has 3 aliphatic rings. The minimum Gasteiger partial charge on any atom is -0.400 e. The van der Waals surface area contributed by atoms with Crippen LogP contribution in [0.1, 0.15) is 94.1 Å². The van der Waals surface area contributed by atoms with Gasteiger partial charge in [0.05, 0.1) is 5.69 Å². The lowest BCUT2D eigenvalue weighted by Gasteiger charge is -2.28. The molecular formula is C25H44N4O3. The van der Waals surface area contributed by atoms with Crippen LogP contribution in [0, 0.1) is 5.92 Å². The molecule has 4 rings (SSSR count). The number of rotatable bonds is 6. The number of aliphatic hydroxyl groups excluding tert-OH is 1. The average molecular weight is 449 g/mol. The summed E-state index contributed by atoms with van der Waals surface area (Å²) < 4.78 is 0. The summed E-state index contributed by atoms with van der Waals surface area (Å²) >= 11 is 0. The number of hydrogen-bond acceptors (Lipinski definition) is 6. The predicted molar refractivity (Wildman–Crippen MR) is 131 cm³/mol. The maximum atomic E-state index is 12.3. The highest BCUT2D eigenvalue weighted by molar-refractivity contribution is 5.97. The number of carbonyl (C=O) groups excluding carboxylic acids is 2. The van der Waals surface area contributed by atoms with Gasteiger partial charge in [0.2, 0.25) is 0 Å². The Kier molecular flexibility index (Phi) is 14.6. The van der Waals surface area contributed by atoms with Gasteiger partial charge < -0.3 is 25.9 Å². The number of anilines is 1. The fourth-order valence-corrected chi connectivity index (χ4v) is 3.37. The van der Waals surface area contributed by atoms with Gasteiger partial charge >= 0.3 is 0 Å². The fourth-order valence-electron chi connectivity index (χ4n) is 3.37. The first-order valence-electron chi connectivity index (χ1n) is 12.1. The van der Waals surface area contributed by atoms with Gasteiger partial charge in [-0.1, -0.05) is 20.3 Å². The summed E-state index contributed by atoms with van der Waals surface area (Å²) in [5.41, 5.74) is 2.74. The van der Waals surface area contributed by atoms with Crippen LogP contribution in [0.3, 0.4) is 0 Å². The van der Waals surface area contributed by atoms with Crippen LogP contribution < -0.4 is 16.0 Å². The monoisotopic (exact) mass is 448 g/mol. The number of hydrogen-bond donors (Lipinski definition) is 4. The molecule has 7 heteroatoms. The van der Waals surface area contributed by atoms with Crippen LogP contribution in [0.15, 0.2) is 12.3 Å². The number of nitrogens with zero attached hydrogens (tertiary/aromatic N) is 1. The van der Waals surface area contributed by atoms with E-state index in [4.69, 9.17) is 9.90 Å². The molecule has 3 fully saturated rings. The summed E-state index contributed by atoms with van der Waals surface area (Å²) in [6.45, 7) is 8.82. The van der Waals surface area contributed by atoms with Crippen LogP contribution in [0.5, 0.6) is 0 Å². The summed E-state index contributed by atoms with van der Waals surface area (Å²) in [4.78, 5) is 25.6. The minimum absolute atomic E-state index is 0.0622. The molecule has 0 atom stereocenters. The molecule has 0 bridgehead atoms. The molecule has 0 unspecified atom stereocenters. The highest BCUT2D eigenvalue weighted by atomic mass is 16.2. The van der Waals surface area contributed by atoms with E-state index in [2.05, 4.69) is 40.8 Å². The van der Waals surface area contributed by atoms with E-state index in [1.807, 2.05) is 6.20 Å². The van der Waals surface area contributed by atoms with Gasteiger partial charge in [-0.3, -0.25) is 4.79 Å². The lowest BCUT2D eigenvalue weighted by Crippen LogP contribution is -2.32. The van der Waals surface area contributed by atoms with Crippen molar-refractivity contribution in [2.45, 2.75) is 84.1 Å². The number of aromatic nitrogens is 1. The Labute approximate surface area is 194 Å². The van der Waals surface area contributed by atoms with Gasteiger partial charge in [0.25, 0.3) is 5.91 Å². The van der Waals surface area contributed by atoms with E-state index in [1.54, 1.807) is 0 Å². The van der Waals surface area contributed by atoms with Crippen LogP contribution in [-0.4, -0.2) is 55.1 Å². The Morgan fingerprint density at radius 2 is 1.78 bits per heavy atom. The molecule has 1 aromatic heterocycles. The molecule has 182 valence electrons. The number of nitrogens with one attached hydrogen (secondary N) is 3. The Morgan fingerprint density at radius 1 is 1.16 bits per heavy atom. The molecule has 0 spiro atoms. The van der Waals surface area contributed by atoms with Crippen molar-refractivity contribution in [1.29, 1.82) is 0 Å². The van der Waals surface area contributed by atoms with E-state index in [9.17, 15) is 4.79 Å². The molecule has 4 N–H and O–H groups in total. The molecule has 2 saturated carbocycles. The number of piperidine rings is 1. The Balaban J connectivity index is 0.000000388. The Morgan fingerprint density at radius 3 is 2.19 bits per heavy atom. The molecule has 2 aliphatic carbocycles. The largest absolute Gasteiger partial charge is 0.400 e. The second-order valence-corrected chi connectivity index (χ2v) is 8.86. The zero-order valence-corrected chi connectivity index (χ0v) is 20.5. The van der Waals surface area contributed by atoms with E-state index in [1.165, 1.54) is 76.9 Å². The SMILES string of the molecule is C1CCNCC1.CC(C)CNC(=O)c1ncc(C2CC2)cc1NC1CCC1.CC=O.CO. The van der Waals surface area contributed by atoms with Crippen molar-refractivity contribution >= 4 is 17.9 Å². The van der Waals surface area contributed by atoms with Crippen LogP contribution in [0.25, 0.3) is 0 Å². The summed E-state index contributed by atoms with van der Waals surface area (Å²) in [5.74, 6) is 1.04. The number of aldehydes is 1. The van der Waals surface area contributed by atoms with Crippen molar-refractivity contribution < 1.29 is 14.7 Å². The van der Waals surface area contributed by atoms with Gasteiger partial charge in [-0.05, 0) is 88.4 Å². The molecule has 1 saturated heterocycles. The van der Waals surface area contributed by atoms with Gasteiger partial charge in [0.15, 0.2) is 5.69 Å². The van der Waals surface area contributed by atoms with E-state index in [-0.39, 0.29) is 5.91 Å². The second-order valence-electron chi connectivity index (χ2n) is 8.86. The zero-order chi connectivity index (χ0) is 23.8. The first-order chi connectivity index (χ1) is 15.5. The summed E-state index contributed by atoms with van der Waals surface area (Å²) in [6.07, 6.45) is 13.0. The van der Waals surface area contributed by atoms with Crippen LogP contribution in [-0.2, 0) is 4.79 Å². The highest BCUT2D eigenvalue weighted by Crippen LogP contribution is 2.41. The van der Waals surface area contributed by atoms with Crippen molar-refractivity contribution in [3.05, 3.63) is 23.5 Å². The van der Waals surface area contributed by atoms with E-state index in [0.717, 1.165) is 19.1 Å². The van der Waals surface area contributed by atoms with Crippen molar-refractivity contribution in [2.75, 3.05) is 32.1 Å². The molecule has 1 amide bonds. The van der Waals surface area contributed by atoms with Gasteiger partial charge in [-0.2, -0.15) is 0 Å². The second kappa shape index (κ2) is 16.6. The van der Waals surface area contributed by atoms with Gasteiger partial charge in [-0.25, -0.2) is 4.98 Å². The summed E-state index contributed by atoms with van der Waals surface area (Å²) in [6, 6.07) is 2.66. The molecule has 0 aromatic carbocycles. The van der Waals surface area contributed by atoms with E-state index >= 15 is 0 Å². The third-order valence-electron chi connectivity index (χ3n) is 5.52. The smallest absolute Gasteiger partial charge is 0.272 e. The molecule has 2 heterocycles. The highest BCUT2D eigenvalue weighted by Gasteiger charge is 2.27. The van der Waals surface area contributed by atoms with Crippen LogP contribution >= 0.6 is 0 Å². The predicted octanol–water partition coefficient (Wildman–Crippen LogP) is 3.88. The maximum absolute atomic E-state index is 12.3. The van der Waals surface area contributed by atoms with Crippen molar-refractivity contribution in [3.63, 3.8) is 0 Å². The van der Waals surface area contributed by atoms with E-state index in [0.29, 0.717) is 30.1 Å². The standard InChI is InChI=1S/C17H25N3O.C5H11N.C2H4O.CH4O/c1-11(2)9-19-17(21)16-15(20-14-4-3-5-14)8-13(10-18-16)12-6-7-12;1-2-4-6-5-3-1;1-2-3;1-2/h8,10-12,14,20H,3-7,9H2,1-2H3,(H,19,21);6H,1-5H2;2H,1H3;2H,1H3. The van der Waals surface area contributed by atoms with Gasteiger partial charge in [0.1, 0.15) is 6.29 Å². The number of amides is 1. The zero-order valence-electron chi connectivity index (χ0n) is 20.5. The topological polar surface area (TPSA) is 103 Å². The van der Waals surface area contributed by atoms with E-state index < -0.39 is 0 Å². The lowest BCUT2D eigenvalue weighted by atomic mass is 9.92. The third-order valence-corrected chi connectivity index (χ3v) is 5.52. The van der Waals surface area contributed by atoms with Crippen LogP contribution in [0.4, 0.5) is 5.69 Å². The quantitative estimate of drug-likeness (QED) is 0.493. The number of pyridine rings is 1. The average Bonchev–Trinajstić information content (AvgIpc) is 3.64. The first kappa shape index (κ1) is 28.0. The number of carbonyl (C=O) groups is 2. The summed E-state index contributed by atoms with van der Waals surface area (Å²) in [5, 5.41) is 16.8. The molecule has 7 nitrogen and oxygen atoms in total. The first-order valence-corrected chi connectivity index (χ1v) is 12.1. The Bertz CT molecular complexity index is 643. The molecule has 32 heavy (non-hydrogen) atoms. The number of aliphatic hydroxyl groups is 1. The Hall–Kier alpha value is -1.99. The van der Waals surface area contributed by atoms with Crippen molar-refractivity contribution in [1.82, 2.24) is 15.6 Å². The molecular weight excluding hydrogens is 404 g/mol. The fraction of sp³-hybridized carbons (Fsp3) is 0.720. The van der Waals surface area contributed by atoms with Crippen molar-refractivity contribution in [2.24, 2.45) is 5.92 Å².